The second-order valence-electron chi connectivity index (χ2n) is 8.34. The first-order chi connectivity index (χ1) is 14.9. The number of anilines is 1. The Morgan fingerprint density at radius 3 is 2.90 bits per heavy atom. The van der Waals surface area contributed by atoms with Crippen LogP contribution in [0.25, 0.3) is 11.6 Å². The molecule has 0 aromatic carbocycles. The van der Waals surface area contributed by atoms with Gasteiger partial charge in [-0.1, -0.05) is 6.92 Å². The standard InChI is InChI=1S/C23H28N4O4/c1-15-6-9-27(10-7-15)22-19(23(29)30-12-11-26(2)3)20(28)18(31-22)13-16-14-25-21-17(16)5-4-8-24-21/h4-5,8,13-15,28H,6-7,9-12H2,1-3H3. The number of esters is 1. The molecule has 2 aliphatic heterocycles. The fraction of sp³-hybridized carbons (Fsp3) is 0.435. The Kier molecular flexibility index (Phi) is 6.08. The summed E-state index contributed by atoms with van der Waals surface area (Å²) < 4.78 is 11.5. The van der Waals surface area contributed by atoms with Gasteiger partial charge in [0.05, 0.1) is 0 Å². The van der Waals surface area contributed by atoms with Crippen molar-refractivity contribution in [3.63, 3.8) is 0 Å². The van der Waals surface area contributed by atoms with Crippen molar-refractivity contribution in [2.45, 2.75) is 19.8 Å². The molecular formula is C23H28N4O4. The van der Waals surface area contributed by atoms with Crippen LogP contribution in [0.3, 0.4) is 0 Å². The average Bonchev–Trinajstić information content (AvgIpc) is 3.30. The number of allylic oxidation sites excluding steroid dienone is 1. The van der Waals surface area contributed by atoms with Crippen LogP contribution in [-0.2, 0) is 4.74 Å². The fourth-order valence-electron chi connectivity index (χ4n) is 3.72. The largest absolute Gasteiger partial charge is 0.504 e. The second-order valence-corrected chi connectivity index (χ2v) is 8.34. The van der Waals surface area contributed by atoms with E-state index in [1.54, 1.807) is 18.5 Å². The summed E-state index contributed by atoms with van der Waals surface area (Å²) in [4.78, 5) is 25.3. The van der Waals surface area contributed by atoms with Crippen molar-refractivity contribution >= 4 is 35.5 Å². The van der Waals surface area contributed by atoms with Crippen LogP contribution < -0.4 is 4.90 Å². The Labute approximate surface area is 181 Å². The summed E-state index contributed by atoms with van der Waals surface area (Å²) in [5.41, 5.74) is 1.70. The third-order valence-corrected chi connectivity index (χ3v) is 5.65. The molecule has 0 saturated carbocycles. The van der Waals surface area contributed by atoms with Crippen LogP contribution in [0.2, 0.25) is 0 Å². The fourth-order valence-corrected chi connectivity index (χ4v) is 3.72. The number of carbonyl (C=O) groups is 1. The minimum atomic E-state index is -0.580. The highest BCUT2D eigenvalue weighted by Gasteiger charge is 2.31. The van der Waals surface area contributed by atoms with E-state index in [0.717, 1.165) is 37.1 Å². The number of nitrogens with zero attached hydrogens (tertiary/aromatic N) is 4. The Hall–Kier alpha value is -3.13. The topological polar surface area (TPSA) is 91.4 Å². The van der Waals surface area contributed by atoms with Crippen molar-refractivity contribution in [3.8, 4) is 5.75 Å². The Morgan fingerprint density at radius 1 is 1.39 bits per heavy atom. The van der Waals surface area contributed by atoms with E-state index in [1.165, 1.54) is 0 Å². The van der Waals surface area contributed by atoms with E-state index in [1.807, 2.05) is 36.0 Å². The highest BCUT2D eigenvalue weighted by atomic mass is 16.5. The molecular weight excluding hydrogens is 396 g/mol. The van der Waals surface area contributed by atoms with Gasteiger partial charge in [0, 0.05) is 43.2 Å². The summed E-state index contributed by atoms with van der Waals surface area (Å²) in [7, 11) is 3.81. The van der Waals surface area contributed by atoms with Crippen LogP contribution in [0.15, 0.2) is 27.7 Å². The van der Waals surface area contributed by atoms with E-state index in [9.17, 15) is 9.90 Å². The molecule has 1 saturated heterocycles. The first-order valence-corrected chi connectivity index (χ1v) is 10.6. The molecule has 0 spiro atoms. The van der Waals surface area contributed by atoms with Crippen LogP contribution in [0.5, 0.6) is 5.75 Å². The predicted molar refractivity (Wildman–Crippen MR) is 120 cm³/mol. The lowest BCUT2D eigenvalue weighted by Gasteiger charge is -2.30. The summed E-state index contributed by atoms with van der Waals surface area (Å²) in [6.45, 7) is 4.56. The van der Waals surface area contributed by atoms with Gasteiger partial charge in [-0.25, -0.2) is 14.8 Å². The Morgan fingerprint density at radius 2 is 2.16 bits per heavy atom. The lowest BCUT2D eigenvalue weighted by molar-refractivity contribution is 0.0479. The molecule has 8 nitrogen and oxygen atoms in total. The van der Waals surface area contributed by atoms with Crippen LogP contribution >= 0.6 is 0 Å². The van der Waals surface area contributed by atoms with E-state index < -0.39 is 5.97 Å². The highest BCUT2D eigenvalue weighted by molar-refractivity contribution is 6.21. The molecule has 0 radical (unpaired) electrons. The summed E-state index contributed by atoms with van der Waals surface area (Å²) in [6.07, 6.45) is 7.05. The van der Waals surface area contributed by atoms with Gasteiger partial charge < -0.3 is 24.1 Å². The van der Waals surface area contributed by atoms with E-state index in [-0.39, 0.29) is 23.7 Å². The quantitative estimate of drug-likeness (QED) is 0.709. The first-order valence-electron chi connectivity index (χ1n) is 10.6. The molecule has 0 bridgehead atoms. The average molecular weight is 425 g/mol. The number of fused-ring (bicyclic) bond motifs is 1. The molecule has 2 aliphatic rings. The highest BCUT2D eigenvalue weighted by Crippen LogP contribution is 2.40. The molecule has 8 heteroatoms. The zero-order chi connectivity index (χ0) is 22.0. The van der Waals surface area contributed by atoms with Gasteiger partial charge in [-0.3, -0.25) is 0 Å². The number of pyridine rings is 1. The van der Waals surface area contributed by atoms with Gasteiger partial charge in [0.2, 0.25) is 5.88 Å². The van der Waals surface area contributed by atoms with Crippen LogP contribution in [0.1, 0.15) is 41.4 Å². The summed E-state index contributed by atoms with van der Waals surface area (Å²) in [5.74, 6) is 1.04. The SMILES string of the molecule is CC1CCN(c2oc(C=C3C=Nc4ncccc43)c(O)c2C(=O)OCCN(C)C)CC1. The van der Waals surface area contributed by atoms with Crippen LogP contribution in [-0.4, -0.2) is 67.5 Å². The number of ether oxygens (including phenoxy) is 1. The van der Waals surface area contributed by atoms with Gasteiger partial charge in [-0.05, 0) is 51.1 Å². The van der Waals surface area contributed by atoms with Gasteiger partial charge >= 0.3 is 5.97 Å². The van der Waals surface area contributed by atoms with Crippen molar-refractivity contribution in [2.75, 3.05) is 45.2 Å². The maximum absolute atomic E-state index is 12.9. The van der Waals surface area contributed by atoms with Crippen LogP contribution in [0, 0.1) is 5.92 Å². The van der Waals surface area contributed by atoms with Crippen molar-refractivity contribution in [1.82, 2.24) is 9.88 Å². The Bertz CT molecular complexity index is 1020. The number of likely N-dealkylation sites (N-methyl/N-ethyl adjacent to an activating group) is 1. The summed E-state index contributed by atoms with van der Waals surface area (Å²) in [6, 6.07) is 3.74. The molecule has 0 atom stereocenters. The summed E-state index contributed by atoms with van der Waals surface area (Å²) >= 11 is 0. The summed E-state index contributed by atoms with van der Waals surface area (Å²) in [5, 5.41) is 10.9. The smallest absolute Gasteiger partial charge is 0.347 e. The van der Waals surface area contributed by atoms with Gasteiger partial charge in [-0.2, -0.15) is 0 Å². The van der Waals surface area contributed by atoms with Gasteiger partial charge in [0.25, 0.3) is 0 Å². The van der Waals surface area contributed by atoms with E-state index in [0.29, 0.717) is 24.2 Å². The molecule has 2 aromatic heterocycles. The zero-order valence-electron chi connectivity index (χ0n) is 18.2. The molecule has 31 heavy (non-hydrogen) atoms. The molecule has 4 rings (SSSR count). The van der Waals surface area contributed by atoms with Gasteiger partial charge in [0.1, 0.15) is 6.61 Å². The maximum atomic E-state index is 12.9. The molecule has 0 amide bonds. The number of piperidine rings is 1. The van der Waals surface area contributed by atoms with E-state index in [2.05, 4.69) is 16.9 Å². The van der Waals surface area contributed by atoms with Crippen molar-refractivity contribution in [1.29, 1.82) is 0 Å². The first kappa shape index (κ1) is 21.1. The molecule has 2 aromatic rings. The number of aromatic hydroxyl groups is 1. The lowest BCUT2D eigenvalue weighted by atomic mass is 9.99. The zero-order valence-corrected chi connectivity index (χ0v) is 18.2. The van der Waals surface area contributed by atoms with Gasteiger partial charge in [0.15, 0.2) is 22.9 Å². The molecule has 1 N–H and O–H groups in total. The van der Waals surface area contributed by atoms with E-state index in [4.69, 9.17) is 9.15 Å². The second kappa shape index (κ2) is 8.93. The number of aliphatic imine (C=N–C) groups is 1. The van der Waals surface area contributed by atoms with Crippen molar-refractivity contribution in [3.05, 3.63) is 35.2 Å². The minimum absolute atomic E-state index is 0.0847. The maximum Gasteiger partial charge on any atom is 0.347 e. The van der Waals surface area contributed by atoms with Gasteiger partial charge in [-0.15, -0.1) is 0 Å². The third kappa shape index (κ3) is 4.49. The number of carbonyl (C=O) groups excluding carboxylic acids is 1. The molecule has 4 heterocycles. The number of rotatable bonds is 6. The number of hydrogen-bond acceptors (Lipinski definition) is 8. The lowest BCUT2D eigenvalue weighted by Crippen LogP contribution is -2.33. The predicted octanol–water partition coefficient (Wildman–Crippen LogP) is 3.59. The monoisotopic (exact) mass is 424 g/mol. The van der Waals surface area contributed by atoms with Crippen LogP contribution in [0.4, 0.5) is 11.7 Å². The number of hydrogen-bond donors (Lipinski definition) is 1. The van der Waals surface area contributed by atoms with Crippen molar-refractivity contribution in [2.24, 2.45) is 10.9 Å². The minimum Gasteiger partial charge on any atom is -0.504 e. The number of aromatic nitrogens is 1. The normalized spacial score (nSPS) is 17.5. The molecule has 0 aliphatic carbocycles. The molecule has 1 fully saturated rings. The van der Waals surface area contributed by atoms with E-state index >= 15 is 0 Å². The molecule has 164 valence electrons. The Balaban J connectivity index is 1.68. The molecule has 0 unspecified atom stereocenters. The third-order valence-electron chi connectivity index (χ3n) is 5.65. The van der Waals surface area contributed by atoms with Crippen molar-refractivity contribution < 1.29 is 19.1 Å². The number of furan rings is 1.